The van der Waals surface area contributed by atoms with E-state index in [0.29, 0.717) is 23.1 Å². The first kappa shape index (κ1) is 27.9. The van der Waals surface area contributed by atoms with Crippen molar-refractivity contribution in [1.82, 2.24) is 24.1 Å². The molecule has 0 saturated carbocycles. The van der Waals surface area contributed by atoms with E-state index in [2.05, 4.69) is 25.1 Å². The van der Waals surface area contributed by atoms with Crippen molar-refractivity contribution in [3.63, 3.8) is 0 Å². The maximum absolute atomic E-state index is 14.7. The molecule has 0 spiro atoms. The number of allylic oxidation sites excluding steroid dienone is 4. The molecule has 0 unspecified atom stereocenters. The van der Waals surface area contributed by atoms with E-state index in [4.69, 9.17) is 15.0 Å². The number of benzene rings is 4. The summed E-state index contributed by atoms with van der Waals surface area (Å²) in [5.74, 6) is 1.45. The third kappa shape index (κ3) is 5.06. The van der Waals surface area contributed by atoms with Gasteiger partial charge in [0.15, 0.2) is 11.6 Å². The van der Waals surface area contributed by atoms with Crippen LogP contribution in [-0.2, 0) is 0 Å². The second kappa shape index (κ2) is 12.0. The fourth-order valence-electron chi connectivity index (χ4n) is 5.85. The quantitative estimate of drug-likeness (QED) is 0.175. The van der Waals surface area contributed by atoms with Crippen molar-refractivity contribution in [3.05, 3.63) is 156 Å². The summed E-state index contributed by atoms with van der Waals surface area (Å²) in [4.78, 5) is 29.7. The molecule has 0 bridgehead atoms. The van der Waals surface area contributed by atoms with E-state index in [0.717, 1.165) is 50.7 Å². The average molecular weight is 586 g/mol. The van der Waals surface area contributed by atoms with E-state index >= 15 is 0 Å². The van der Waals surface area contributed by atoms with E-state index in [1.54, 1.807) is 4.57 Å². The molecule has 0 amide bonds. The number of hydrogen-bond acceptors (Lipinski definition) is 4. The zero-order chi connectivity index (χ0) is 30.8. The molecule has 6 nitrogen and oxygen atoms in total. The lowest BCUT2D eigenvalue weighted by molar-refractivity contribution is 0.932. The van der Waals surface area contributed by atoms with Crippen LogP contribution in [0, 0.1) is 0 Å². The first-order valence-electron chi connectivity index (χ1n) is 15.1. The predicted molar refractivity (Wildman–Crippen MR) is 184 cm³/mol. The Morgan fingerprint density at radius 2 is 1.31 bits per heavy atom. The molecule has 218 valence electrons. The van der Waals surface area contributed by atoms with E-state index in [1.807, 2.05) is 133 Å². The van der Waals surface area contributed by atoms with Gasteiger partial charge in [-0.1, -0.05) is 122 Å². The standard InChI is InChI=1S/C39H31N5O/c1-3-16-27(17-4-2)32-26-43(30-22-12-7-13-23-30)38(45)35-34(32)31-24-14-15-25-33(31)44(35)39-41-36(28-18-8-5-9-19-28)40-37(42-39)29-20-10-6-11-21-29/h3,5-26H,4H2,1-2H3/b16-3-,27-17+. The molecule has 3 heterocycles. The molecule has 3 aromatic heterocycles. The summed E-state index contributed by atoms with van der Waals surface area (Å²) in [6.07, 6.45) is 9.16. The monoisotopic (exact) mass is 585 g/mol. The van der Waals surface area contributed by atoms with E-state index in [-0.39, 0.29) is 5.56 Å². The maximum Gasteiger partial charge on any atom is 0.280 e. The van der Waals surface area contributed by atoms with Gasteiger partial charge in [0.25, 0.3) is 5.56 Å². The summed E-state index contributed by atoms with van der Waals surface area (Å²) in [5, 5.41) is 1.82. The predicted octanol–water partition coefficient (Wildman–Crippen LogP) is 8.82. The first-order valence-corrected chi connectivity index (χ1v) is 15.1. The molecule has 0 aliphatic heterocycles. The van der Waals surface area contributed by atoms with Crippen LogP contribution < -0.4 is 5.56 Å². The summed E-state index contributed by atoms with van der Waals surface area (Å²) < 4.78 is 3.65. The Morgan fingerprint density at radius 3 is 1.91 bits per heavy atom. The van der Waals surface area contributed by atoms with Crippen molar-refractivity contribution in [2.45, 2.75) is 20.3 Å². The van der Waals surface area contributed by atoms with Gasteiger partial charge in [-0.05, 0) is 37.1 Å². The van der Waals surface area contributed by atoms with Gasteiger partial charge in [0, 0.05) is 39.3 Å². The Labute approximate surface area is 261 Å². The van der Waals surface area contributed by atoms with E-state index in [9.17, 15) is 4.79 Å². The Hall–Kier alpha value is -5.88. The van der Waals surface area contributed by atoms with Crippen LogP contribution in [0.4, 0.5) is 0 Å². The third-order valence-corrected chi connectivity index (χ3v) is 7.83. The first-order chi connectivity index (χ1) is 22.2. The molecule has 7 rings (SSSR count). The second-order valence-corrected chi connectivity index (χ2v) is 10.7. The summed E-state index contributed by atoms with van der Waals surface area (Å²) in [6.45, 7) is 4.14. The SMILES string of the molecule is C/C=C\C(=C/CC)c1cn(-c2ccccc2)c(=O)c2c1c1ccccc1n2-c1nc(-c2ccccc2)nc(-c2ccccc2)n1. The summed E-state index contributed by atoms with van der Waals surface area (Å²) >= 11 is 0. The van der Waals surface area contributed by atoms with Gasteiger partial charge in [-0.25, -0.2) is 4.98 Å². The lowest BCUT2D eigenvalue weighted by atomic mass is 10.00. The van der Waals surface area contributed by atoms with Crippen LogP contribution >= 0.6 is 0 Å². The zero-order valence-electron chi connectivity index (χ0n) is 25.1. The normalized spacial score (nSPS) is 12.0. The van der Waals surface area contributed by atoms with Gasteiger partial charge in [0.05, 0.1) is 5.52 Å². The van der Waals surface area contributed by atoms with Gasteiger partial charge in [-0.15, -0.1) is 0 Å². The largest absolute Gasteiger partial charge is 0.282 e. The third-order valence-electron chi connectivity index (χ3n) is 7.83. The minimum absolute atomic E-state index is 0.157. The Bertz CT molecular complexity index is 2210. The number of aromatic nitrogens is 5. The van der Waals surface area contributed by atoms with Crippen molar-refractivity contribution < 1.29 is 0 Å². The fraction of sp³-hybridized carbons (Fsp3) is 0.0769. The van der Waals surface area contributed by atoms with Crippen molar-refractivity contribution in [1.29, 1.82) is 0 Å². The summed E-state index contributed by atoms with van der Waals surface area (Å²) in [5.41, 5.74) is 5.71. The molecule has 0 aliphatic rings. The molecule has 0 fully saturated rings. The average Bonchev–Trinajstić information content (AvgIpc) is 3.45. The van der Waals surface area contributed by atoms with Crippen LogP contribution in [0.5, 0.6) is 0 Å². The van der Waals surface area contributed by atoms with Crippen LogP contribution in [-0.4, -0.2) is 24.1 Å². The van der Waals surface area contributed by atoms with E-state index < -0.39 is 0 Å². The number of rotatable bonds is 7. The number of fused-ring (bicyclic) bond motifs is 3. The van der Waals surface area contributed by atoms with E-state index in [1.165, 1.54) is 0 Å². The molecule has 4 aromatic carbocycles. The number of para-hydroxylation sites is 2. The maximum atomic E-state index is 14.7. The molecular weight excluding hydrogens is 554 g/mol. The molecule has 45 heavy (non-hydrogen) atoms. The van der Waals surface area contributed by atoms with Gasteiger partial charge in [-0.3, -0.25) is 13.9 Å². The van der Waals surface area contributed by atoms with Crippen molar-refractivity contribution in [3.8, 4) is 34.4 Å². The highest BCUT2D eigenvalue weighted by molar-refractivity contribution is 6.14. The van der Waals surface area contributed by atoms with Crippen LogP contribution in [0.1, 0.15) is 25.8 Å². The van der Waals surface area contributed by atoms with Gasteiger partial charge >= 0.3 is 0 Å². The van der Waals surface area contributed by atoms with Gasteiger partial charge in [-0.2, -0.15) is 9.97 Å². The van der Waals surface area contributed by atoms with Crippen LogP contribution in [0.15, 0.2) is 144 Å². The van der Waals surface area contributed by atoms with Crippen LogP contribution in [0.2, 0.25) is 0 Å². The number of nitrogens with zero attached hydrogens (tertiary/aromatic N) is 5. The number of pyridine rings is 1. The van der Waals surface area contributed by atoms with Crippen molar-refractivity contribution in [2.75, 3.05) is 0 Å². The summed E-state index contributed by atoms with van der Waals surface area (Å²) in [7, 11) is 0. The smallest absolute Gasteiger partial charge is 0.280 e. The molecule has 0 N–H and O–H groups in total. The molecule has 0 atom stereocenters. The van der Waals surface area contributed by atoms with Gasteiger partial charge < -0.3 is 0 Å². The Morgan fingerprint density at radius 1 is 0.733 bits per heavy atom. The summed E-state index contributed by atoms with van der Waals surface area (Å²) in [6, 6.07) is 37.6. The topological polar surface area (TPSA) is 65.6 Å². The molecule has 6 heteroatoms. The number of hydrogen-bond donors (Lipinski definition) is 0. The second-order valence-electron chi connectivity index (χ2n) is 10.7. The van der Waals surface area contributed by atoms with Crippen molar-refractivity contribution >= 4 is 27.4 Å². The Balaban J connectivity index is 1.66. The fourth-order valence-corrected chi connectivity index (χ4v) is 5.85. The molecular formula is C39H31N5O. The lowest BCUT2D eigenvalue weighted by Crippen LogP contribution is -2.21. The zero-order valence-corrected chi connectivity index (χ0v) is 25.1. The molecule has 0 aliphatic carbocycles. The highest BCUT2D eigenvalue weighted by Gasteiger charge is 2.24. The molecule has 0 radical (unpaired) electrons. The van der Waals surface area contributed by atoms with Crippen LogP contribution in [0.3, 0.4) is 0 Å². The lowest BCUT2D eigenvalue weighted by Gasteiger charge is -2.14. The van der Waals surface area contributed by atoms with Gasteiger partial charge in [0.2, 0.25) is 5.95 Å². The minimum atomic E-state index is -0.157. The van der Waals surface area contributed by atoms with Gasteiger partial charge in [0.1, 0.15) is 5.52 Å². The van der Waals surface area contributed by atoms with Crippen molar-refractivity contribution in [2.24, 2.45) is 0 Å². The highest BCUT2D eigenvalue weighted by Crippen LogP contribution is 2.36. The molecule has 0 saturated heterocycles. The highest BCUT2D eigenvalue weighted by atomic mass is 16.1. The minimum Gasteiger partial charge on any atom is -0.282 e. The Kier molecular flexibility index (Phi) is 7.46. The van der Waals surface area contributed by atoms with Crippen LogP contribution in [0.25, 0.3) is 61.8 Å². The molecule has 7 aromatic rings.